The van der Waals surface area contributed by atoms with Gasteiger partial charge in [0, 0.05) is 0 Å². The Kier molecular flexibility index (Phi) is 7.60. The normalized spacial score (nSPS) is 13.4. The standard InChI is InChI=1S/C17H24O5/c1-12(9-10-13(2)18)6-5-11-22-17(21)15-8-4-3-7-14(15)16(19)20/h3-4,7-8,12-13,18H,5-6,9-11H2,1-2H3,(H,19,20)/i14+1,15+1,16+1,17+1. The van der Waals surface area contributed by atoms with Crippen LogP contribution in [0.15, 0.2) is 24.3 Å². The van der Waals surface area contributed by atoms with Crippen molar-refractivity contribution in [3.05, 3.63) is 35.4 Å². The number of carboxylic acids is 1. The minimum absolute atomic E-state index is 0.0437. The van der Waals surface area contributed by atoms with Gasteiger partial charge in [-0.3, -0.25) is 0 Å². The first-order valence-corrected chi connectivity index (χ1v) is 7.59. The van der Waals surface area contributed by atoms with Crippen LogP contribution in [0.2, 0.25) is 0 Å². The fraction of sp³-hybridized carbons (Fsp3) is 0.529. The highest BCUT2D eigenvalue weighted by molar-refractivity contribution is 6.02. The summed E-state index contributed by atoms with van der Waals surface area (Å²) in [7, 11) is 0. The number of benzene rings is 1. The van der Waals surface area contributed by atoms with Gasteiger partial charge in [-0.2, -0.15) is 0 Å². The highest BCUT2D eigenvalue weighted by Crippen LogP contribution is 2.15. The molecule has 0 amide bonds. The molecule has 0 aliphatic rings. The molecule has 0 saturated carbocycles. The summed E-state index contributed by atoms with van der Waals surface area (Å²) < 4.78 is 5.14. The summed E-state index contributed by atoms with van der Waals surface area (Å²) >= 11 is 0. The molecule has 1 rings (SSSR count). The van der Waals surface area contributed by atoms with Crippen LogP contribution in [0.3, 0.4) is 0 Å². The van der Waals surface area contributed by atoms with Crippen molar-refractivity contribution in [3.63, 3.8) is 0 Å². The van der Waals surface area contributed by atoms with Crippen LogP contribution in [0.5, 0.6) is 0 Å². The van der Waals surface area contributed by atoms with Crippen LogP contribution >= 0.6 is 0 Å². The van der Waals surface area contributed by atoms with Crippen LogP contribution in [-0.4, -0.2) is 34.9 Å². The third kappa shape index (κ3) is 6.26. The largest absolute Gasteiger partial charge is 0.478 e. The maximum absolute atomic E-state index is 11.9. The lowest BCUT2D eigenvalue weighted by Crippen LogP contribution is -2.12. The Hall–Kier alpha value is -1.88. The minimum atomic E-state index is -1.14. The Labute approximate surface area is 130 Å². The Morgan fingerprint density at radius 2 is 1.73 bits per heavy atom. The van der Waals surface area contributed by atoms with Crippen LogP contribution in [0.4, 0.5) is 0 Å². The first-order chi connectivity index (χ1) is 10.4. The number of aliphatic hydroxyl groups excluding tert-OH is 1. The van der Waals surface area contributed by atoms with E-state index >= 15 is 0 Å². The number of hydrogen-bond acceptors (Lipinski definition) is 4. The molecule has 5 heteroatoms. The highest BCUT2D eigenvalue weighted by Gasteiger charge is 2.16. The molecule has 0 heterocycles. The highest BCUT2D eigenvalue weighted by atomic mass is 16.6. The molecular weight excluding hydrogens is 288 g/mol. The first-order valence-electron chi connectivity index (χ1n) is 7.59. The number of esters is 1. The van der Waals surface area contributed by atoms with Crippen molar-refractivity contribution in [2.45, 2.75) is 45.6 Å². The number of rotatable bonds is 9. The Bertz CT molecular complexity index is 496. The average molecular weight is 312 g/mol. The lowest BCUT2D eigenvalue weighted by atomic mass is 9.98. The molecule has 0 fully saturated rings. The second-order valence-corrected chi connectivity index (χ2v) is 5.66. The van der Waals surface area contributed by atoms with E-state index in [0.717, 1.165) is 25.7 Å². The zero-order valence-electron chi connectivity index (χ0n) is 13.1. The number of carbonyl (C=O) groups is 2. The predicted molar refractivity (Wildman–Crippen MR) is 83.0 cm³/mol. The van der Waals surface area contributed by atoms with E-state index in [-0.39, 0.29) is 23.8 Å². The number of aliphatic hydroxyl groups is 1. The SMILES string of the molecule is CC(O)CCC(C)CCCO[13C](=O)[13c]1cccc[13c]1[13C](=O)O. The third-order valence-corrected chi connectivity index (χ3v) is 3.53. The fourth-order valence-electron chi connectivity index (χ4n) is 2.19. The third-order valence-electron chi connectivity index (χ3n) is 3.53. The van der Waals surface area contributed by atoms with Gasteiger partial charge in [-0.25, -0.2) is 9.59 Å². The van der Waals surface area contributed by atoms with E-state index in [9.17, 15) is 14.7 Å². The maximum Gasteiger partial charge on any atom is 0.339 e. The second kappa shape index (κ2) is 9.20. The summed E-state index contributed by atoms with van der Waals surface area (Å²) in [6.07, 6.45) is 3.05. The van der Waals surface area contributed by atoms with Gasteiger partial charge in [0.05, 0.1) is 23.8 Å². The molecule has 0 aliphatic heterocycles. The van der Waals surface area contributed by atoms with E-state index in [0.29, 0.717) is 5.92 Å². The topological polar surface area (TPSA) is 83.8 Å². The summed E-state index contributed by atoms with van der Waals surface area (Å²) in [5, 5.41) is 18.3. The number of hydrogen-bond donors (Lipinski definition) is 2. The van der Waals surface area contributed by atoms with Crippen molar-refractivity contribution >= 4 is 11.9 Å². The van der Waals surface area contributed by atoms with Crippen molar-refractivity contribution in [1.29, 1.82) is 0 Å². The van der Waals surface area contributed by atoms with Crippen LogP contribution in [0, 0.1) is 5.92 Å². The van der Waals surface area contributed by atoms with Crippen molar-refractivity contribution in [2.24, 2.45) is 5.92 Å². The Morgan fingerprint density at radius 3 is 2.32 bits per heavy atom. The zero-order valence-corrected chi connectivity index (χ0v) is 13.1. The molecule has 22 heavy (non-hydrogen) atoms. The quantitative estimate of drug-likeness (QED) is 0.416. The van der Waals surface area contributed by atoms with Gasteiger partial charge in [-0.1, -0.05) is 19.1 Å². The molecular formula is C17H24O5. The smallest absolute Gasteiger partial charge is 0.339 e. The molecule has 2 unspecified atom stereocenters. The van der Waals surface area contributed by atoms with Gasteiger partial charge >= 0.3 is 11.9 Å². The van der Waals surface area contributed by atoms with Crippen molar-refractivity contribution in [2.75, 3.05) is 6.61 Å². The van der Waals surface area contributed by atoms with E-state index in [1.165, 1.54) is 12.1 Å². The molecule has 0 bridgehead atoms. The Morgan fingerprint density at radius 1 is 1.09 bits per heavy atom. The van der Waals surface area contributed by atoms with Gasteiger partial charge in [-0.05, 0) is 50.7 Å². The molecule has 0 aliphatic carbocycles. The van der Waals surface area contributed by atoms with Crippen LogP contribution < -0.4 is 0 Å². The van der Waals surface area contributed by atoms with E-state index in [1.807, 2.05) is 0 Å². The number of ether oxygens (including phenoxy) is 1. The number of carboxylic acid groups (broad SMARTS) is 1. The monoisotopic (exact) mass is 312 g/mol. The molecule has 5 nitrogen and oxygen atoms in total. The molecule has 0 radical (unpaired) electrons. The lowest BCUT2D eigenvalue weighted by molar-refractivity contribution is 0.0483. The maximum atomic E-state index is 11.9. The summed E-state index contributed by atoms with van der Waals surface area (Å²) in [6.45, 7) is 4.14. The van der Waals surface area contributed by atoms with E-state index in [4.69, 9.17) is 9.84 Å². The second-order valence-electron chi connectivity index (χ2n) is 5.66. The fourth-order valence-corrected chi connectivity index (χ4v) is 2.19. The molecule has 0 aromatic heterocycles. The molecule has 0 spiro atoms. The van der Waals surface area contributed by atoms with E-state index in [1.54, 1.807) is 19.1 Å². The van der Waals surface area contributed by atoms with Crippen molar-refractivity contribution in [1.82, 2.24) is 0 Å². The average Bonchev–Trinajstić information content (AvgIpc) is 2.49. The lowest BCUT2D eigenvalue weighted by Gasteiger charge is -2.12. The first kappa shape index (κ1) is 18.2. The van der Waals surface area contributed by atoms with Crippen molar-refractivity contribution in [3.8, 4) is 0 Å². The predicted octanol–water partition coefficient (Wildman–Crippen LogP) is 3.12. The molecule has 2 N–H and O–H groups in total. The van der Waals surface area contributed by atoms with Gasteiger partial charge in [-0.15, -0.1) is 0 Å². The summed E-state index contributed by atoms with van der Waals surface area (Å²) in [6, 6.07) is 6.03. The van der Waals surface area contributed by atoms with E-state index in [2.05, 4.69) is 6.92 Å². The van der Waals surface area contributed by atoms with Gasteiger partial charge in [0.1, 0.15) is 0 Å². The zero-order chi connectivity index (χ0) is 16.5. The van der Waals surface area contributed by atoms with Gasteiger partial charge in [0.2, 0.25) is 0 Å². The van der Waals surface area contributed by atoms with Crippen molar-refractivity contribution < 1.29 is 24.5 Å². The molecule has 1 aromatic carbocycles. The van der Waals surface area contributed by atoms with Crippen LogP contribution in [0.25, 0.3) is 0 Å². The molecule has 122 valence electrons. The van der Waals surface area contributed by atoms with Crippen LogP contribution in [-0.2, 0) is 4.74 Å². The van der Waals surface area contributed by atoms with Gasteiger partial charge in [0.25, 0.3) is 0 Å². The summed E-state index contributed by atoms with van der Waals surface area (Å²) in [5.74, 6) is -1.28. The molecule has 2 atom stereocenters. The summed E-state index contributed by atoms with van der Waals surface area (Å²) in [4.78, 5) is 23.0. The minimum Gasteiger partial charge on any atom is -0.478 e. The van der Waals surface area contributed by atoms with Gasteiger partial charge < -0.3 is 14.9 Å². The van der Waals surface area contributed by atoms with Gasteiger partial charge in [0.15, 0.2) is 0 Å². The number of carbonyl (C=O) groups excluding carboxylic acids is 1. The molecule has 1 aromatic rings. The number of aromatic carboxylic acids is 1. The van der Waals surface area contributed by atoms with E-state index < -0.39 is 11.9 Å². The molecule has 0 saturated heterocycles. The van der Waals surface area contributed by atoms with Crippen LogP contribution in [0.1, 0.15) is 60.2 Å². The summed E-state index contributed by atoms with van der Waals surface area (Å²) in [5.41, 5.74) is 0.0370. The Balaban J connectivity index is 2.37.